The lowest BCUT2D eigenvalue weighted by Crippen LogP contribution is -2.11. The largest absolute Gasteiger partial charge is 0.476 e. The Balaban J connectivity index is 2.13. The molecule has 8 nitrogen and oxygen atoms in total. The van der Waals surface area contributed by atoms with Crippen LogP contribution in [0, 0.1) is 0 Å². The van der Waals surface area contributed by atoms with Crippen molar-refractivity contribution in [3.05, 3.63) is 35.9 Å². The van der Waals surface area contributed by atoms with Crippen molar-refractivity contribution < 1.29 is 19.8 Å². The highest BCUT2D eigenvalue weighted by molar-refractivity contribution is 5.85. The molecule has 0 fully saturated rings. The second-order valence-corrected chi connectivity index (χ2v) is 3.23. The Hall–Kier alpha value is -2.64. The predicted molar refractivity (Wildman–Crippen MR) is 53.8 cm³/mol. The van der Waals surface area contributed by atoms with Crippen LogP contribution < -0.4 is 0 Å². The van der Waals surface area contributed by atoms with Crippen LogP contribution in [0.2, 0.25) is 0 Å². The molecule has 0 spiro atoms. The molecule has 0 unspecified atom stereocenters. The lowest BCUT2D eigenvalue weighted by atomic mass is 10.5. The van der Waals surface area contributed by atoms with Gasteiger partial charge in [0.05, 0.1) is 0 Å². The summed E-state index contributed by atoms with van der Waals surface area (Å²) in [5.41, 5.74) is -0.147. The van der Waals surface area contributed by atoms with Gasteiger partial charge in [-0.1, -0.05) is 0 Å². The smallest absolute Gasteiger partial charge is 0.356 e. The Kier molecular flexibility index (Phi) is 2.61. The number of aromatic nitrogens is 4. The minimum Gasteiger partial charge on any atom is -0.476 e. The van der Waals surface area contributed by atoms with Gasteiger partial charge in [0.2, 0.25) is 0 Å². The third-order valence-electron chi connectivity index (χ3n) is 2.01. The first-order valence-corrected chi connectivity index (χ1v) is 4.60. The fourth-order valence-corrected chi connectivity index (χ4v) is 1.26. The normalized spacial score (nSPS) is 10.4. The SMILES string of the molecule is O=C(O)c1ccn(Cn2ccc(C(=O)O)n2)n1. The second kappa shape index (κ2) is 4.08. The van der Waals surface area contributed by atoms with E-state index in [9.17, 15) is 9.59 Å². The number of carboxylic acid groups (broad SMARTS) is 2. The number of rotatable bonds is 4. The average Bonchev–Trinajstić information content (AvgIpc) is 2.87. The van der Waals surface area contributed by atoms with E-state index in [-0.39, 0.29) is 18.1 Å². The molecule has 2 heterocycles. The standard InChI is InChI=1S/C9H8N4O4/c14-8(15)6-1-3-12(10-6)5-13-4-2-7(11-13)9(16)17/h1-4H,5H2,(H,14,15)(H,16,17). The molecule has 0 radical (unpaired) electrons. The molecule has 0 saturated carbocycles. The number of hydrogen-bond acceptors (Lipinski definition) is 4. The highest BCUT2D eigenvalue weighted by atomic mass is 16.4. The first kappa shape index (κ1) is 10.9. The van der Waals surface area contributed by atoms with Gasteiger partial charge in [0.1, 0.15) is 6.67 Å². The maximum Gasteiger partial charge on any atom is 0.356 e. The van der Waals surface area contributed by atoms with Crippen molar-refractivity contribution in [3.8, 4) is 0 Å². The molecular formula is C9H8N4O4. The molecule has 2 rings (SSSR count). The third kappa shape index (κ3) is 2.30. The van der Waals surface area contributed by atoms with E-state index in [1.165, 1.54) is 33.9 Å². The summed E-state index contributed by atoms with van der Waals surface area (Å²) in [4.78, 5) is 21.2. The molecule has 2 aromatic heterocycles. The van der Waals surface area contributed by atoms with Gasteiger partial charge in [-0.15, -0.1) is 0 Å². The fourth-order valence-electron chi connectivity index (χ4n) is 1.26. The molecule has 0 aliphatic rings. The summed E-state index contributed by atoms with van der Waals surface area (Å²) >= 11 is 0. The number of hydrogen-bond donors (Lipinski definition) is 2. The van der Waals surface area contributed by atoms with Crippen LogP contribution in [0.3, 0.4) is 0 Å². The zero-order chi connectivity index (χ0) is 12.4. The van der Waals surface area contributed by atoms with Crippen molar-refractivity contribution in [2.75, 3.05) is 0 Å². The molecule has 17 heavy (non-hydrogen) atoms. The summed E-state index contributed by atoms with van der Waals surface area (Å²) in [5, 5.41) is 24.9. The molecule has 0 aliphatic heterocycles. The Morgan fingerprint density at radius 1 is 1.00 bits per heavy atom. The Labute approximate surface area is 94.7 Å². The summed E-state index contributed by atoms with van der Waals surface area (Å²) in [5.74, 6) is -2.23. The van der Waals surface area contributed by atoms with Gasteiger partial charge >= 0.3 is 11.9 Å². The van der Waals surface area contributed by atoms with Gasteiger partial charge in [0.25, 0.3) is 0 Å². The molecular weight excluding hydrogens is 228 g/mol. The molecule has 0 aromatic carbocycles. The van der Waals surface area contributed by atoms with Crippen LogP contribution >= 0.6 is 0 Å². The van der Waals surface area contributed by atoms with Crippen molar-refractivity contribution in [1.82, 2.24) is 19.6 Å². The van der Waals surface area contributed by atoms with E-state index in [2.05, 4.69) is 10.2 Å². The molecule has 8 heteroatoms. The predicted octanol–water partition coefficient (Wildman–Crippen LogP) is -0.0182. The van der Waals surface area contributed by atoms with Gasteiger partial charge in [-0.05, 0) is 12.1 Å². The Morgan fingerprint density at radius 2 is 1.41 bits per heavy atom. The van der Waals surface area contributed by atoms with Crippen molar-refractivity contribution >= 4 is 11.9 Å². The first-order valence-electron chi connectivity index (χ1n) is 4.60. The van der Waals surface area contributed by atoms with Crippen molar-refractivity contribution in [3.63, 3.8) is 0 Å². The van der Waals surface area contributed by atoms with Crippen molar-refractivity contribution in [1.29, 1.82) is 0 Å². The van der Waals surface area contributed by atoms with Crippen LogP contribution in [0.1, 0.15) is 21.0 Å². The Morgan fingerprint density at radius 3 is 1.71 bits per heavy atom. The topological polar surface area (TPSA) is 110 Å². The molecule has 0 aliphatic carbocycles. The van der Waals surface area contributed by atoms with Crippen LogP contribution in [0.25, 0.3) is 0 Å². The van der Waals surface area contributed by atoms with E-state index in [0.717, 1.165) is 0 Å². The van der Waals surface area contributed by atoms with Gasteiger partial charge in [-0.25, -0.2) is 9.59 Å². The number of carboxylic acids is 2. The number of carbonyl (C=O) groups is 2. The van der Waals surface area contributed by atoms with Crippen LogP contribution in [-0.2, 0) is 6.67 Å². The molecule has 0 atom stereocenters. The van der Waals surface area contributed by atoms with Gasteiger partial charge in [0.15, 0.2) is 11.4 Å². The lowest BCUT2D eigenvalue weighted by molar-refractivity contribution is 0.0679. The van der Waals surface area contributed by atoms with E-state index in [1.54, 1.807) is 0 Å². The molecule has 2 aromatic rings. The van der Waals surface area contributed by atoms with Gasteiger partial charge < -0.3 is 10.2 Å². The Bertz CT molecular complexity index is 521. The minimum absolute atomic E-state index is 0.0735. The quantitative estimate of drug-likeness (QED) is 0.771. The monoisotopic (exact) mass is 236 g/mol. The second-order valence-electron chi connectivity index (χ2n) is 3.23. The van der Waals surface area contributed by atoms with Crippen LogP contribution in [0.15, 0.2) is 24.5 Å². The van der Waals surface area contributed by atoms with E-state index in [1.807, 2.05) is 0 Å². The molecule has 88 valence electrons. The van der Waals surface area contributed by atoms with Gasteiger partial charge in [-0.2, -0.15) is 10.2 Å². The minimum atomic E-state index is -1.12. The summed E-state index contributed by atoms with van der Waals surface area (Å²) in [6.07, 6.45) is 2.96. The average molecular weight is 236 g/mol. The molecule has 0 saturated heterocycles. The van der Waals surface area contributed by atoms with Gasteiger partial charge in [-0.3, -0.25) is 9.36 Å². The highest BCUT2D eigenvalue weighted by Gasteiger charge is 2.09. The third-order valence-corrected chi connectivity index (χ3v) is 2.01. The summed E-state index contributed by atoms with van der Waals surface area (Å²) in [6.45, 7) is 0.153. The van der Waals surface area contributed by atoms with Crippen molar-refractivity contribution in [2.45, 2.75) is 6.67 Å². The maximum absolute atomic E-state index is 10.6. The zero-order valence-corrected chi connectivity index (χ0v) is 8.52. The van der Waals surface area contributed by atoms with Crippen LogP contribution in [0.4, 0.5) is 0 Å². The summed E-state index contributed by atoms with van der Waals surface area (Å²) < 4.78 is 2.70. The van der Waals surface area contributed by atoms with Gasteiger partial charge in [0, 0.05) is 12.4 Å². The fraction of sp³-hybridized carbons (Fsp3) is 0.111. The summed E-state index contributed by atoms with van der Waals surface area (Å²) in [7, 11) is 0. The molecule has 0 bridgehead atoms. The molecule has 2 N–H and O–H groups in total. The highest BCUT2D eigenvalue weighted by Crippen LogP contribution is 1.99. The maximum atomic E-state index is 10.6. The van der Waals surface area contributed by atoms with E-state index >= 15 is 0 Å². The van der Waals surface area contributed by atoms with E-state index in [0.29, 0.717) is 0 Å². The van der Waals surface area contributed by atoms with Crippen LogP contribution in [0.5, 0.6) is 0 Å². The number of aromatic carboxylic acids is 2. The summed E-state index contributed by atoms with van der Waals surface area (Å²) in [6, 6.07) is 2.70. The lowest BCUT2D eigenvalue weighted by Gasteiger charge is -2.00. The van der Waals surface area contributed by atoms with Crippen molar-refractivity contribution in [2.24, 2.45) is 0 Å². The zero-order valence-electron chi connectivity index (χ0n) is 8.52. The first-order chi connectivity index (χ1) is 8.06. The van der Waals surface area contributed by atoms with E-state index in [4.69, 9.17) is 10.2 Å². The number of nitrogens with zero attached hydrogens (tertiary/aromatic N) is 4. The van der Waals surface area contributed by atoms with Crippen LogP contribution in [-0.4, -0.2) is 41.7 Å². The molecule has 0 amide bonds. The van der Waals surface area contributed by atoms with E-state index < -0.39 is 11.9 Å².